The van der Waals surface area contributed by atoms with Crippen LogP contribution in [0.1, 0.15) is 188 Å². The van der Waals surface area contributed by atoms with E-state index in [2.05, 4.69) is 116 Å². The number of aliphatic hydroxyl groups excluding tert-OH is 1. The monoisotopic (exact) mass is 2120 g/mol. The first-order chi connectivity index (χ1) is 70.3. The number of nitrogens with zero attached hydrogens (tertiary/aromatic N) is 2. The van der Waals surface area contributed by atoms with Crippen molar-refractivity contribution in [3.05, 3.63) is 48.0 Å². The number of unbranched alkanes of at least 4 members (excludes halogenated alkanes) is 1. The second kappa shape index (κ2) is 65.4. The average molecular weight is 2120 g/mol. The molecule has 2 saturated heterocycles. The van der Waals surface area contributed by atoms with Crippen molar-refractivity contribution in [1.29, 1.82) is 10.8 Å². The van der Waals surface area contributed by atoms with Crippen LogP contribution < -0.4 is 141 Å². The number of aliphatic carboxylic acids is 1. The summed E-state index contributed by atoms with van der Waals surface area (Å²) >= 11 is 1.23. The fraction of sp³-hybridized carbons (Fsp3) is 0.626. The Kier molecular flexibility index (Phi) is 55.4. The number of imidazole rings is 1. The smallest absolute Gasteiger partial charge is 0.305 e. The quantitative estimate of drug-likeness (QED) is 0.0166. The van der Waals surface area contributed by atoms with Crippen LogP contribution in [0.25, 0.3) is 0 Å². The summed E-state index contributed by atoms with van der Waals surface area (Å²) in [7, 11) is 0. The van der Waals surface area contributed by atoms with E-state index in [-0.39, 0.29) is 139 Å². The van der Waals surface area contributed by atoms with Crippen LogP contribution in [-0.2, 0) is 123 Å². The highest BCUT2D eigenvalue weighted by molar-refractivity contribution is 7.98. The molecule has 58 heteroatoms. The lowest BCUT2D eigenvalue weighted by Gasteiger charge is -2.30. The van der Waals surface area contributed by atoms with Crippen LogP contribution in [0.2, 0.25) is 0 Å². The summed E-state index contributed by atoms with van der Waals surface area (Å²) in [5.41, 5.74) is 33.8. The molecule has 38 N–H and O–H groups in total. The van der Waals surface area contributed by atoms with Crippen molar-refractivity contribution in [2.24, 2.45) is 46.2 Å². The molecule has 0 bridgehead atoms. The van der Waals surface area contributed by atoms with Gasteiger partial charge in [0.1, 0.15) is 102 Å². The number of thioether (sulfide) groups is 1. The Labute approximate surface area is 863 Å². The van der Waals surface area contributed by atoms with Gasteiger partial charge in [0.15, 0.2) is 11.9 Å². The Morgan fingerprint density at radius 3 is 1.66 bits per heavy atom. The zero-order chi connectivity index (χ0) is 111. The Bertz CT molecular complexity index is 4940. The van der Waals surface area contributed by atoms with Gasteiger partial charge in [0, 0.05) is 64.3 Å². The second-order valence-electron chi connectivity index (χ2n) is 36.9. The number of nitrogens with two attached hydrogens (primary N) is 6. The molecule has 149 heavy (non-hydrogen) atoms. The third-order valence-corrected chi connectivity index (χ3v) is 23.8. The van der Waals surface area contributed by atoms with Gasteiger partial charge in [-0.2, -0.15) is 11.8 Å². The second-order valence-corrected chi connectivity index (χ2v) is 37.8. The highest BCUT2D eigenvalue weighted by atomic mass is 32.2. The highest BCUT2D eigenvalue weighted by Gasteiger charge is 2.44. The molecule has 828 valence electrons. The summed E-state index contributed by atoms with van der Waals surface area (Å²) in [5, 5.41) is 96.4. The molecule has 2 aliphatic rings. The maximum absolute atomic E-state index is 15.3. The maximum Gasteiger partial charge on any atom is 0.305 e. The number of benzene rings is 1. The van der Waals surface area contributed by atoms with E-state index < -0.39 is 321 Å². The molecule has 2 fully saturated rings. The van der Waals surface area contributed by atoms with Crippen molar-refractivity contribution < 1.29 is 126 Å². The van der Waals surface area contributed by atoms with Crippen molar-refractivity contribution in [3.63, 3.8) is 0 Å². The molecule has 3 heterocycles. The van der Waals surface area contributed by atoms with Gasteiger partial charge >= 0.3 is 5.97 Å². The van der Waals surface area contributed by atoms with Crippen molar-refractivity contribution in [2.45, 2.75) is 292 Å². The number of primary amides is 3. The molecule has 0 radical (unpaired) electrons. The van der Waals surface area contributed by atoms with Crippen molar-refractivity contribution >= 4 is 160 Å². The molecule has 1 aromatic carbocycles. The van der Waals surface area contributed by atoms with Gasteiger partial charge in [-0.1, -0.05) is 39.8 Å². The van der Waals surface area contributed by atoms with Gasteiger partial charge in [0.05, 0.1) is 44.8 Å². The van der Waals surface area contributed by atoms with Gasteiger partial charge in [-0.25, -0.2) is 4.98 Å². The van der Waals surface area contributed by atoms with E-state index in [0.29, 0.717) is 12.0 Å². The molecular weight excluding hydrogens is 1980 g/mol. The number of aromatic hydroxyl groups is 1. The zero-order valence-corrected chi connectivity index (χ0v) is 85.5. The van der Waals surface area contributed by atoms with Gasteiger partial charge in [-0.15, -0.1) is 0 Å². The molecule has 2 aromatic rings. The van der Waals surface area contributed by atoms with E-state index in [0.717, 1.165) is 25.7 Å². The van der Waals surface area contributed by atoms with Crippen LogP contribution in [0.3, 0.4) is 0 Å². The van der Waals surface area contributed by atoms with Crippen LogP contribution in [0, 0.1) is 22.7 Å². The largest absolute Gasteiger partial charge is 0.508 e. The number of hydrogen-bond donors (Lipinski definition) is 32. The highest BCUT2D eigenvalue weighted by Crippen LogP contribution is 2.22. The number of hydrogen-bond acceptors (Lipinski definition) is 30. The maximum atomic E-state index is 15.3. The van der Waals surface area contributed by atoms with Gasteiger partial charge in [0.25, 0.3) is 0 Å². The average Bonchev–Trinajstić information content (AvgIpc) is 1.79. The lowest BCUT2D eigenvalue weighted by molar-refractivity contribution is -0.146. The van der Waals surface area contributed by atoms with E-state index in [1.54, 1.807) is 34.0 Å². The summed E-state index contributed by atoms with van der Waals surface area (Å²) in [6.07, 6.45) is -3.43. The number of aromatic amines is 1. The first kappa shape index (κ1) is 126. The minimum atomic E-state index is -2.03. The third-order valence-electron chi connectivity index (χ3n) is 23.2. The van der Waals surface area contributed by atoms with Crippen molar-refractivity contribution in [3.8, 4) is 5.75 Å². The number of aromatic nitrogens is 2. The number of amides is 22. The number of nitrogens with one attached hydrogen (secondary N) is 23. The normalized spacial score (nSPS) is 18.5. The summed E-state index contributed by atoms with van der Waals surface area (Å²) in [5.74, 6) is -25.7. The summed E-state index contributed by atoms with van der Waals surface area (Å²) in [6.45, 7) is 8.52. The van der Waals surface area contributed by atoms with Crippen LogP contribution in [0.5, 0.6) is 5.75 Å². The Morgan fingerprint density at radius 2 is 1.08 bits per heavy atom. The van der Waals surface area contributed by atoms with E-state index >= 15 is 24.0 Å². The van der Waals surface area contributed by atoms with E-state index in [1.807, 2.05) is 0 Å². The number of carboxylic acids is 1. The van der Waals surface area contributed by atoms with Gasteiger partial charge in [-0.3, -0.25) is 121 Å². The minimum Gasteiger partial charge on any atom is -0.508 e. The molecule has 22 amide bonds. The van der Waals surface area contributed by atoms with E-state index in [9.17, 15) is 102 Å². The van der Waals surface area contributed by atoms with Gasteiger partial charge in [0.2, 0.25) is 130 Å². The first-order valence-corrected chi connectivity index (χ1v) is 50.2. The SMILES string of the molecule is CSCC[C@@H]1NC(=O)[C@H](CCCNC(=N)N)NC(=O)[C@H](Cc2ccc(O)cc2)NC(=O)[C@@H](NC(=O)[C@H](CCCNC(=N)N)NC(=O)[C@H](CC(N)=O)NC(=O)[C@H](C)NC(=O)[C@H](Cc2cnc[nH]2)NC(=O)[C@@H](NC(=O)[C@H](CCC(N)=O)NC(=O)[C@@H]2CCCN2C(=O)[C@H](CC(=O)O)NC(C)=O)[C@@H](C)O)CCCCNC(=O)C[C@@H](C(=O)N[C@@H](CCCCN)C(=O)N[C@@H](CC(C)C)C(=O)NCC(=O)N[C@@H](CC(C)C)C(=O)NCC(N)=O)NC1=O. The zero-order valence-electron chi connectivity index (χ0n) is 84.6. The number of phenols is 1. The summed E-state index contributed by atoms with van der Waals surface area (Å²) in [6, 6.07) is -21.4. The predicted molar refractivity (Wildman–Crippen MR) is 535 cm³/mol. The Balaban J connectivity index is 1.76. The number of phenolic OH excluding ortho intramolecular Hbond substituents is 1. The van der Waals surface area contributed by atoms with Crippen LogP contribution in [-0.4, -0.2) is 339 Å². The number of carbonyl (C=O) groups excluding carboxylic acids is 22. The lowest BCUT2D eigenvalue weighted by Crippen LogP contribution is -2.62. The fourth-order valence-corrected chi connectivity index (χ4v) is 16.0. The van der Waals surface area contributed by atoms with Gasteiger partial charge in [-0.05, 0) is 165 Å². The number of likely N-dealkylation sites (tertiary alicyclic amines) is 1. The third kappa shape index (κ3) is 47.9. The number of guanidine groups is 2. The van der Waals surface area contributed by atoms with Gasteiger partial charge < -0.3 is 166 Å². The molecule has 57 nitrogen and oxygen atoms in total. The van der Waals surface area contributed by atoms with E-state index in [1.165, 1.54) is 48.6 Å². The molecule has 0 spiro atoms. The summed E-state index contributed by atoms with van der Waals surface area (Å²) in [4.78, 5) is 328. The minimum absolute atomic E-state index is 0.0180. The van der Waals surface area contributed by atoms with Crippen LogP contribution in [0.4, 0.5) is 0 Å². The van der Waals surface area contributed by atoms with Crippen LogP contribution >= 0.6 is 11.8 Å². The number of rotatable bonds is 58. The van der Waals surface area contributed by atoms with Crippen molar-refractivity contribution in [1.82, 2.24) is 121 Å². The molecule has 17 atom stereocenters. The molecule has 4 rings (SSSR count). The first-order valence-electron chi connectivity index (χ1n) is 48.8. The molecular formula is C91H147N31O26S. The van der Waals surface area contributed by atoms with E-state index in [4.69, 9.17) is 45.2 Å². The number of H-pyrrole nitrogens is 1. The predicted octanol–water partition coefficient (Wildman–Crippen LogP) is -10.9. The Morgan fingerprint density at radius 1 is 0.530 bits per heavy atom. The lowest BCUT2D eigenvalue weighted by atomic mass is 10.0. The molecule has 1 aromatic heterocycles. The molecule has 0 aliphatic carbocycles. The van der Waals surface area contributed by atoms with Crippen LogP contribution in [0.15, 0.2) is 36.8 Å². The summed E-state index contributed by atoms with van der Waals surface area (Å²) < 4.78 is 0. The molecule has 0 saturated carbocycles. The topological polar surface area (TPSA) is 930 Å². The number of carboxylic acid groups (broad SMARTS) is 1. The molecule has 2 aliphatic heterocycles. The Hall–Kier alpha value is -15.1. The standard InChI is InChI=1S/C91H147N31O26S/c1-45(2)34-59(75(134)104-42-69(95)128)109-71(130)43-105-76(135)60(35-46(3)4)117-79(138)53(16-9-11-28-92)111-86(145)64-39-70(129)101-29-12-10-17-54(80(139)118-61(36-50-21-23-52(125)24-22-50)84(143)112-56(19-14-31-103-91(98)99)78(137)114-58(27-33-149-8)81(140)119-64)110-77(136)55(18-13-30-102-90(96)97)113-85(144)63(38-68(94)127)116-74(133)47(5)107-83(142)62(37-51-41-100-44-106-51)120-88(147)73(48(6)123)121-82(141)57(25-26-67(93)126)115-87(146)66-20-15-32-122(66)89(148)65(40-72(131)132)108-49(7)124/h21-24,41,44-48,53-66,73,123,125H,9-20,25-40,42-43,92H2,1-8H3,(H2,93,126)(H2,94,127)(H2,95,128)(H,100,106)(H,101,129)(H,104,134)(H,105,135)(H,107,142)(H,108,124)(H,109,130)(H,110,136)(H,111,145)(H,112,143)(H,113,144)(H,114,137)(H,115,146)(H,116,133)(H,117,138)(H,118,139)(H,119,140)(H,120,147)(H,121,141)(H,131,132)(H4,96,97,102)(H4,98,99,103)/t47-,48+,53-,54-,55-,56-,57-,58-,59-,60-,61-,62-,63-,64-,65-,66-,73-/m0/s1. The number of aliphatic hydroxyl groups is 1. The fourth-order valence-electron chi connectivity index (χ4n) is 15.6. The molecule has 0 unspecified atom stereocenters. The van der Waals surface area contributed by atoms with Crippen molar-refractivity contribution in [2.75, 3.05) is 57.8 Å². The number of carbonyl (C=O) groups is 23.